The molecule has 10 heteroatoms. The summed E-state index contributed by atoms with van der Waals surface area (Å²) in [6.45, 7) is -5.71. The Morgan fingerprint density at radius 2 is 1.88 bits per heavy atom. The third-order valence-corrected chi connectivity index (χ3v) is 5.83. The topological polar surface area (TPSA) is 83.1 Å². The molecule has 0 aliphatic carbocycles. The van der Waals surface area contributed by atoms with E-state index in [1.807, 2.05) is 0 Å². The number of carbonyl (C=O) groups excluding carboxylic acids is 1. The van der Waals surface area contributed by atoms with Crippen LogP contribution in [-0.4, -0.2) is 65.8 Å². The van der Waals surface area contributed by atoms with E-state index in [0.717, 1.165) is 17.0 Å². The van der Waals surface area contributed by atoms with Gasteiger partial charge in [0.15, 0.2) is 0 Å². The zero-order chi connectivity index (χ0) is 33.5. The van der Waals surface area contributed by atoms with Crippen molar-refractivity contribution in [3.05, 3.63) is 102 Å². The van der Waals surface area contributed by atoms with Crippen LogP contribution in [0.15, 0.2) is 85.2 Å². The van der Waals surface area contributed by atoms with Crippen molar-refractivity contribution in [2.24, 2.45) is 0 Å². The lowest BCUT2D eigenvalue weighted by Gasteiger charge is -2.19. The first-order valence-electron chi connectivity index (χ1n) is 15.2. The van der Waals surface area contributed by atoms with Gasteiger partial charge in [-0.05, 0) is 40.5 Å². The van der Waals surface area contributed by atoms with Crippen molar-refractivity contribution in [2.75, 3.05) is 33.6 Å². The van der Waals surface area contributed by atoms with Crippen molar-refractivity contribution in [1.29, 1.82) is 0 Å². The van der Waals surface area contributed by atoms with Crippen LogP contribution >= 0.6 is 0 Å². The van der Waals surface area contributed by atoms with Gasteiger partial charge in [-0.15, -0.1) is 0 Å². The number of allylic oxidation sites excluding steroid dienone is 1. The van der Waals surface area contributed by atoms with Crippen LogP contribution in [0.1, 0.15) is 31.3 Å². The Morgan fingerprint density at radius 3 is 2.60 bits per heavy atom. The number of H-pyrrole nitrogens is 1. The SMILES string of the molecule is [2H]C([2H])([2H])N(C(=O)/C=C/CNCCOc1ccc(/C(=C(/CC(F)(F)F)c2ccccc2)c2ccc3[nH]ncc3c2)cn1)C([2H])([2H])[2H]. The third-order valence-electron chi connectivity index (χ3n) is 5.83. The monoisotopic (exact) mass is 555 g/mol. The number of rotatable bonds is 11. The van der Waals surface area contributed by atoms with Gasteiger partial charge in [-0.25, -0.2) is 4.98 Å². The van der Waals surface area contributed by atoms with E-state index in [2.05, 4.69) is 20.5 Å². The lowest BCUT2D eigenvalue weighted by Crippen LogP contribution is -2.22. The van der Waals surface area contributed by atoms with E-state index >= 15 is 0 Å². The van der Waals surface area contributed by atoms with Gasteiger partial charge in [0.25, 0.3) is 0 Å². The Hall–Kier alpha value is -4.44. The quantitative estimate of drug-likeness (QED) is 0.145. The molecule has 4 rings (SSSR count). The molecule has 0 saturated heterocycles. The normalized spacial score (nSPS) is 15.4. The summed E-state index contributed by atoms with van der Waals surface area (Å²) in [5, 5.41) is 10.5. The Bertz CT molecular complexity index is 1670. The van der Waals surface area contributed by atoms with E-state index in [0.29, 0.717) is 22.3 Å². The third kappa shape index (κ3) is 7.79. The summed E-state index contributed by atoms with van der Waals surface area (Å²) >= 11 is 0. The largest absolute Gasteiger partial charge is 0.476 e. The van der Waals surface area contributed by atoms with Crippen molar-refractivity contribution in [2.45, 2.75) is 12.6 Å². The molecular weight excluding hydrogens is 519 g/mol. The molecule has 0 fully saturated rings. The van der Waals surface area contributed by atoms with Crippen LogP contribution in [0.5, 0.6) is 5.88 Å². The number of benzene rings is 2. The van der Waals surface area contributed by atoms with Crippen LogP contribution in [0, 0.1) is 0 Å². The molecule has 0 unspecified atom stereocenters. The average molecular weight is 556 g/mol. The van der Waals surface area contributed by atoms with Gasteiger partial charge in [0.1, 0.15) is 6.61 Å². The molecule has 1 amide bonds. The molecule has 7 nitrogen and oxygen atoms in total. The highest BCUT2D eigenvalue weighted by Crippen LogP contribution is 2.39. The molecule has 0 bridgehead atoms. The Balaban J connectivity index is 1.47. The number of alkyl halides is 3. The van der Waals surface area contributed by atoms with Gasteiger partial charge in [-0.2, -0.15) is 18.3 Å². The fourth-order valence-corrected chi connectivity index (χ4v) is 4.05. The summed E-state index contributed by atoms with van der Waals surface area (Å²) in [6, 6.07) is 16.8. The van der Waals surface area contributed by atoms with Crippen molar-refractivity contribution in [3.63, 3.8) is 0 Å². The second-order valence-electron chi connectivity index (χ2n) is 8.70. The van der Waals surface area contributed by atoms with E-state index in [1.54, 1.807) is 66.9 Å². The molecule has 0 atom stereocenters. The average Bonchev–Trinajstić information content (AvgIpc) is 3.43. The van der Waals surface area contributed by atoms with Crippen molar-refractivity contribution < 1.29 is 30.9 Å². The van der Waals surface area contributed by atoms with Gasteiger partial charge >= 0.3 is 6.18 Å². The van der Waals surface area contributed by atoms with Gasteiger partial charge in [0.2, 0.25) is 11.8 Å². The zero-order valence-electron chi connectivity index (χ0n) is 27.2. The summed E-state index contributed by atoms with van der Waals surface area (Å²) in [7, 11) is 0. The molecule has 0 aliphatic heterocycles. The molecule has 2 aromatic carbocycles. The minimum Gasteiger partial charge on any atom is -0.476 e. The number of likely N-dealkylation sites (N-methyl/N-ethyl adjacent to an activating group) is 1. The highest BCUT2D eigenvalue weighted by Gasteiger charge is 2.31. The van der Waals surface area contributed by atoms with E-state index in [4.69, 9.17) is 13.0 Å². The molecule has 0 aliphatic rings. The van der Waals surface area contributed by atoms with Crippen molar-refractivity contribution in [1.82, 2.24) is 25.4 Å². The molecule has 0 saturated carbocycles. The minimum atomic E-state index is -4.48. The number of hydrogen-bond acceptors (Lipinski definition) is 5. The van der Waals surface area contributed by atoms with E-state index in [1.165, 1.54) is 12.3 Å². The van der Waals surface area contributed by atoms with Gasteiger partial charge in [-0.1, -0.05) is 42.5 Å². The highest BCUT2D eigenvalue weighted by atomic mass is 19.4. The van der Waals surface area contributed by atoms with Crippen LogP contribution in [0.4, 0.5) is 13.2 Å². The second-order valence-corrected chi connectivity index (χ2v) is 8.70. The number of nitrogens with one attached hydrogen (secondary N) is 2. The molecule has 2 aromatic heterocycles. The van der Waals surface area contributed by atoms with Crippen LogP contribution in [0.25, 0.3) is 22.0 Å². The number of halogens is 3. The van der Waals surface area contributed by atoms with Crippen LogP contribution in [0.3, 0.4) is 0 Å². The lowest BCUT2D eigenvalue weighted by molar-refractivity contribution is -0.124. The Labute approximate surface area is 238 Å². The zero-order valence-corrected chi connectivity index (χ0v) is 21.2. The molecule has 208 valence electrons. The molecule has 4 aromatic rings. The van der Waals surface area contributed by atoms with Gasteiger partial charge in [0, 0.05) is 64.6 Å². The Morgan fingerprint density at radius 1 is 1.07 bits per heavy atom. The number of aromatic nitrogens is 3. The standard InChI is InChI=1S/C30H30F3N5O2/c1-38(2)28(39)9-6-14-34-15-16-40-27-13-11-23(19-35-27)29(22-10-12-26-24(17-22)20-36-37-26)25(18-30(31,32)33)21-7-4-3-5-8-21/h3-13,17,19-20,34H,14-16,18H2,1-2H3,(H,36,37)/b9-6+,29-25-/i1D3,2D3. The summed E-state index contributed by atoms with van der Waals surface area (Å²) in [4.78, 5) is 16.3. The summed E-state index contributed by atoms with van der Waals surface area (Å²) < 4.78 is 91.1. The first-order chi connectivity index (χ1) is 21.6. The van der Waals surface area contributed by atoms with Crippen molar-refractivity contribution in [3.8, 4) is 5.88 Å². The van der Waals surface area contributed by atoms with Crippen LogP contribution in [0.2, 0.25) is 0 Å². The number of nitrogens with zero attached hydrogens (tertiary/aromatic N) is 3. The first-order valence-corrected chi connectivity index (χ1v) is 12.2. The predicted octanol–water partition coefficient (Wildman–Crippen LogP) is 5.48. The predicted molar refractivity (Wildman–Crippen MR) is 150 cm³/mol. The fraction of sp³-hybridized carbons (Fsp3) is 0.233. The highest BCUT2D eigenvalue weighted by molar-refractivity contribution is 6.00. The summed E-state index contributed by atoms with van der Waals surface area (Å²) in [5.74, 6) is -0.949. The molecule has 0 spiro atoms. The van der Waals surface area contributed by atoms with E-state index in [-0.39, 0.29) is 36.0 Å². The number of carbonyl (C=O) groups is 1. The minimum absolute atomic E-state index is 0.0861. The molecular formula is C30H30F3N5O2. The van der Waals surface area contributed by atoms with Gasteiger partial charge in [-0.3, -0.25) is 9.89 Å². The lowest BCUT2D eigenvalue weighted by atomic mass is 9.88. The van der Waals surface area contributed by atoms with Crippen LogP contribution in [-0.2, 0) is 4.79 Å². The summed E-state index contributed by atoms with van der Waals surface area (Å²) in [5.41, 5.74) is 2.63. The maximum Gasteiger partial charge on any atom is 0.393 e. The molecule has 0 radical (unpaired) electrons. The number of fused-ring (bicyclic) bond motifs is 1. The number of hydrogen-bond donors (Lipinski definition) is 2. The summed E-state index contributed by atoms with van der Waals surface area (Å²) in [6.07, 6.45) is -0.434. The van der Waals surface area contributed by atoms with Crippen molar-refractivity contribution >= 4 is 28.0 Å². The molecule has 2 N–H and O–H groups in total. The second kappa shape index (κ2) is 13.1. The molecule has 40 heavy (non-hydrogen) atoms. The fourth-order valence-electron chi connectivity index (χ4n) is 4.05. The van der Waals surface area contributed by atoms with E-state index in [9.17, 15) is 18.0 Å². The number of ether oxygens (including phenoxy) is 1. The first kappa shape index (κ1) is 21.4. The Kier molecular flexibility index (Phi) is 6.99. The number of aromatic amines is 1. The molecule has 2 heterocycles. The smallest absolute Gasteiger partial charge is 0.393 e. The maximum atomic E-state index is 13.9. The number of pyridine rings is 1. The maximum absolute atomic E-state index is 13.9. The van der Waals surface area contributed by atoms with E-state index < -0.39 is 32.5 Å². The van der Waals surface area contributed by atoms with Crippen LogP contribution < -0.4 is 10.1 Å². The number of amides is 1. The van der Waals surface area contributed by atoms with Gasteiger partial charge in [0.05, 0.1) is 18.1 Å². The van der Waals surface area contributed by atoms with Gasteiger partial charge < -0.3 is 15.0 Å².